The first-order chi connectivity index (χ1) is 8.11. The fourth-order valence-corrected chi connectivity index (χ4v) is 1.54. The molecular weight excluding hydrogens is 221 g/mol. The average molecular weight is 233 g/mol. The van der Waals surface area contributed by atoms with Crippen LogP contribution in [0.3, 0.4) is 0 Å². The molecule has 0 radical (unpaired) electrons. The Hall–Kier alpha value is -2.09. The number of H-pyrrole nitrogens is 1. The number of aromatic amines is 1. The quantitative estimate of drug-likeness (QED) is 0.886. The highest BCUT2D eigenvalue weighted by atomic mass is 19.1. The first-order valence-corrected chi connectivity index (χ1v) is 5.30. The zero-order valence-electron chi connectivity index (χ0n) is 9.62. The summed E-state index contributed by atoms with van der Waals surface area (Å²) in [6, 6.07) is 4.71. The van der Waals surface area contributed by atoms with Gasteiger partial charge in [-0.25, -0.2) is 9.37 Å². The first kappa shape index (κ1) is 11.4. The van der Waals surface area contributed by atoms with Crippen LogP contribution in [0.5, 0.6) is 5.75 Å². The van der Waals surface area contributed by atoms with Crippen molar-refractivity contribution in [3.05, 3.63) is 23.8 Å². The van der Waals surface area contributed by atoms with Gasteiger partial charge in [0.05, 0.1) is 5.52 Å². The molecule has 0 bridgehead atoms. The lowest BCUT2D eigenvalue weighted by atomic mass is 10.2. The van der Waals surface area contributed by atoms with Crippen LogP contribution < -0.4 is 4.74 Å². The van der Waals surface area contributed by atoms with Gasteiger partial charge in [0, 0.05) is 18.1 Å². The summed E-state index contributed by atoms with van der Waals surface area (Å²) in [5.41, 5.74) is 0.889. The topological polar surface area (TPSA) is 61.7 Å². The van der Waals surface area contributed by atoms with Gasteiger partial charge in [0.25, 0.3) is 0 Å². The monoisotopic (exact) mass is 233 g/mol. The number of rotatable bonds is 3. The number of aromatic nitrogens is 2. The molecule has 1 heterocycles. The van der Waals surface area contributed by atoms with Gasteiger partial charge in [-0.2, -0.15) is 5.26 Å². The average Bonchev–Trinajstić information content (AvgIpc) is 2.71. The third-order valence-electron chi connectivity index (χ3n) is 2.39. The highest BCUT2D eigenvalue weighted by molar-refractivity contribution is 5.77. The number of hydrogen-bond donors (Lipinski definition) is 1. The number of fused-ring (bicyclic) bond motifs is 1. The maximum Gasteiger partial charge on any atom is 0.174 e. The number of imidazole rings is 1. The molecular formula is C12H12FN3O. The summed E-state index contributed by atoms with van der Waals surface area (Å²) in [4.78, 5) is 7.22. The van der Waals surface area contributed by atoms with Crippen molar-refractivity contribution in [1.29, 1.82) is 5.26 Å². The predicted octanol–water partition coefficient (Wildman–Crippen LogP) is 2.73. The first-order valence-electron chi connectivity index (χ1n) is 5.30. The van der Waals surface area contributed by atoms with E-state index in [9.17, 15) is 4.39 Å². The molecule has 88 valence electrons. The second-order valence-corrected chi connectivity index (χ2v) is 4.02. The van der Waals surface area contributed by atoms with Crippen molar-refractivity contribution in [2.24, 2.45) is 0 Å². The van der Waals surface area contributed by atoms with Crippen LogP contribution in [-0.4, -0.2) is 16.6 Å². The number of hydrogen-bond acceptors (Lipinski definition) is 3. The van der Waals surface area contributed by atoms with Gasteiger partial charge in [-0.3, -0.25) is 0 Å². The molecule has 0 spiro atoms. The van der Waals surface area contributed by atoms with E-state index in [2.05, 4.69) is 9.97 Å². The number of benzene rings is 1. The smallest absolute Gasteiger partial charge is 0.174 e. The Morgan fingerprint density at radius 3 is 2.94 bits per heavy atom. The Balaban J connectivity index is 2.46. The Morgan fingerprint density at radius 2 is 2.29 bits per heavy atom. The Kier molecular flexibility index (Phi) is 2.96. The van der Waals surface area contributed by atoms with E-state index >= 15 is 0 Å². The van der Waals surface area contributed by atoms with Crippen LogP contribution in [0, 0.1) is 17.1 Å². The van der Waals surface area contributed by atoms with Crippen LogP contribution in [0.1, 0.15) is 25.6 Å². The molecule has 0 aliphatic heterocycles. The maximum atomic E-state index is 13.7. The molecule has 5 heteroatoms. The van der Waals surface area contributed by atoms with Crippen molar-refractivity contribution in [3.63, 3.8) is 0 Å². The molecule has 0 aliphatic carbocycles. The lowest BCUT2D eigenvalue weighted by Crippen LogP contribution is -1.94. The number of nitrogens with one attached hydrogen (secondary N) is 1. The van der Waals surface area contributed by atoms with Crippen LogP contribution in [0.4, 0.5) is 4.39 Å². The van der Waals surface area contributed by atoms with E-state index in [4.69, 9.17) is 10.00 Å². The van der Waals surface area contributed by atoms with E-state index < -0.39 is 5.82 Å². The van der Waals surface area contributed by atoms with E-state index in [1.54, 1.807) is 6.07 Å². The fraction of sp³-hybridized carbons (Fsp3) is 0.333. The zero-order valence-corrected chi connectivity index (χ0v) is 9.62. The fourth-order valence-electron chi connectivity index (χ4n) is 1.54. The van der Waals surface area contributed by atoms with Gasteiger partial charge in [0.1, 0.15) is 23.2 Å². The van der Waals surface area contributed by atoms with Gasteiger partial charge in [-0.1, -0.05) is 13.8 Å². The summed E-state index contributed by atoms with van der Waals surface area (Å²) in [5.74, 6) is 0.829. The molecule has 0 amide bonds. The minimum absolute atomic E-state index is 0.105. The minimum atomic E-state index is -0.421. The summed E-state index contributed by atoms with van der Waals surface area (Å²) >= 11 is 0. The van der Waals surface area contributed by atoms with Crippen LogP contribution in [0.2, 0.25) is 0 Å². The van der Waals surface area contributed by atoms with Crippen LogP contribution in [0.25, 0.3) is 11.0 Å². The van der Waals surface area contributed by atoms with Gasteiger partial charge < -0.3 is 9.72 Å². The van der Waals surface area contributed by atoms with Gasteiger partial charge in [-0.05, 0) is 0 Å². The highest BCUT2D eigenvalue weighted by Crippen LogP contribution is 2.24. The van der Waals surface area contributed by atoms with Crippen molar-refractivity contribution < 1.29 is 9.13 Å². The van der Waals surface area contributed by atoms with Gasteiger partial charge in [0.15, 0.2) is 12.4 Å². The second kappa shape index (κ2) is 4.42. The molecule has 1 N–H and O–H groups in total. The van der Waals surface area contributed by atoms with Crippen LogP contribution in [0.15, 0.2) is 12.1 Å². The molecule has 0 saturated carbocycles. The number of nitrogens with zero attached hydrogens (tertiary/aromatic N) is 2. The summed E-state index contributed by atoms with van der Waals surface area (Å²) in [7, 11) is 0. The molecule has 0 atom stereocenters. The maximum absolute atomic E-state index is 13.7. The highest BCUT2D eigenvalue weighted by Gasteiger charge is 2.11. The number of halogens is 1. The van der Waals surface area contributed by atoms with E-state index in [0.717, 1.165) is 5.82 Å². The van der Waals surface area contributed by atoms with Crippen LogP contribution in [-0.2, 0) is 0 Å². The van der Waals surface area contributed by atoms with E-state index in [0.29, 0.717) is 16.8 Å². The van der Waals surface area contributed by atoms with Gasteiger partial charge in [-0.15, -0.1) is 0 Å². The van der Waals surface area contributed by atoms with E-state index in [-0.39, 0.29) is 12.5 Å². The van der Waals surface area contributed by atoms with E-state index in [1.165, 1.54) is 6.07 Å². The van der Waals surface area contributed by atoms with Crippen molar-refractivity contribution in [1.82, 2.24) is 9.97 Å². The van der Waals surface area contributed by atoms with Gasteiger partial charge in [0.2, 0.25) is 0 Å². The van der Waals surface area contributed by atoms with Crippen molar-refractivity contribution in [2.45, 2.75) is 19.8 Å². The third-order valence-corrected chi connectivity index (χ3v) is 2.39. The molecule has 17 heavy (non-hydrogen) atoms. The van der Waals surface area contributed by atoms with Crippen molar-refractivity contribution >= 4 is 11.0 Å². The largest absolute Gasteiger partial charge is 0.479 e. The lowest BCUT2D eigenvalue weighted by Gasteiger charge is -2.01. The SMILES string of the molecule is CC(C)c1nc2cc(OCC#N)cc(F)c2[nH]1. The minimum Gasteiger partial charge on any atom is -0.479 e. The Bertz CT molecular complexity index is 583. The van der Waals surface area contributed by atoms with E-state index in [1.807, 2.05) is 19.9 Å². The third kappa shape index (κ3) is 2.21. The zero-order chi connectivity index (χ0) is 12.4. The summed E-state index contributed by atoms with van der Waals surface area (Å²) in [5, 5.41) is 8.40. The molecule has 0 saturated heterocycles. The van der Waals surface area contributed by atoms with Crippen molar-refractivity contribution in [3.8, 4) is 11.8 Å². The lowest BCUT2D eigenvalue weighted by molar-refractivity contribution is 0.366. The Morgan fingerprint density at radius 1 is 1.53 bits per heavy atom. The molecule has 2 rings (SSSR count). The number of ether oxygens (including phenoxy) is 1. The molecule has 1 aromatic heterocycles. The predicted molar refractivity (Wildman–Crippen MR) is 61.2 cm³/mol. The summed E-state index contributed by atoms with van der Waals surface area (Å²) in [6.45, 7) is 3.85. The molecule has 4 nitrogen and oxygen atoms in total. The molecule has 1 aromatic carbocycles. The molecule has 0 fully saturated rings. The molecule has 0 unspecified atom stereocenters. The standard InChI is InChI=1S/C12H12FN3O/c1-7(2)12-15-10-6-8(17-4-3-14)5-9(13)11(10)16-12/h5-7H,4H2,1-2H3,(H,15,16). The van der Waals surface area contributed by atoms with Crippen LogP contribution >= 0.6 is 0 Å². The normalized spacial score (nSPS) is 10.8. The van der Waals surface area contributed by atoms with Gasteiger partial charge >= 0.3 is 0 Å². The van der Waals surface area contributed by atoms with Crippen molar-refractivity contribution in [2.75, 3.05) is 6.61 Å². The number of nitriles is 1. The molecule has 0 aliphatic rings. The second-order valence-electron chi connectivity index (χ2n) is 4.02. The summed E-state index contributed by atoms with van der Waals surface area (Å²) in [6.07, 6.45) is 0. The Labute approximate surface area is 98.0 Å². The molecule has 2 aromatic rings. The summed E-state index contributed by atoms with van der Waals surface area (Å²) < 4.78 is 18.8.